The summed E-state index contributed by atoms with van der Waals surface area (Å²) in [6, 6.07) is 4.25. The van der Waals surface area contributed by atoms with Crippen LogP contribution in [0, 0.1) is 0 Å². The van der Waals surface area contributed by atoms with Gasteiger partial charge in [-0.25, -0.2) is 0 Å². The molecular weight excluding hydrogens is 361 g/mol. The summed E-state index contributed by atoms with van der Waals surface area (Å²) in [7, 11) is 0. The minimum absolute atomic E-state index is 0.0357. The van der Waals surface area contributed by atoms with E-state index in [9.17, 15) is 22.8 Å². The summed E-state index contributed by atoms with van der Waals surface area (Å²) in [5, 5.41) is 1.75. The molecule has 2 amide bonds. The lowest BCUT2D eigenvalue weighted by Crippen LogP contribution is -2.37. The standard InChI is InChI=1S/C15H15F3N2O2S2/c1-8(2)20-13(22)11(24-14(20)23)7-12(21)19-10-5-3-4-9(6-10)15(16,17)18/h3-6,8,11H,7H2,1-2H3,(H,19,21). The lowest BCUT2D eigenvalue weighted by Gasteiger charge is -2.19. The van der Waals surface area contributed by atoms with Crippen molar-refractivity contribution in [2.45, 2.75) is 37.7 Å². The minimum atomic E-state index is -4.48. The molecule has 1 aromatic rings. The number of carbonyl (C=O) groups is 2. The van der Waals surface area contributed by atoms with E-state index in [1.165, 1.54) is 17.0 Å². The van der Waals surface area contributed by atoms with Gasteiger partial charge in [-0.3, -0.25) is 14.5 Å². The van der Waals surface area contributed by atoms with Gasteiger partial charge in [-0.1, -0.05) is 30.0 Å². The van der Waals surface area contributed by atoms with Crippen LogP contribution in [0.25, 0.3) is 0 Å². The molecule has 0 aliphatic carbocycles. The van der Waals surface area contributed by atoms with E-state index in [1.807, 2.05) is 13.8 Å². The Morgan fingerprint density at radius 2 is 2.08 bits per heavy atom. The Kier molecular flexibility index (Phi) is 5.54. The van der Waals surface area contributed by atoms with Crippen molar-refractivity contribution in [3.05, 3.63) is 29.8 Å². The number of benzene rings is 1. The number of alkyl halides is 3. The second-order valence-electron chi connectivity index (χ2n) is 5.51. The second kappa shape index (κ2) is 7.10. The molecule has 1 unspecified atom stereocenters. The fourth-order valence-corrected chi connectivity index (χ4v) is 3.98. The summed E-state index contributed by atoms with van der Waals surface area (Å²) in [5.74, 6) is -0.784. The lowest BCUT2D eigenvalue weighted by atomic mass is 10.2. The zero-order valence-corrected chi connectivity index (χ0v) is 14.5. The van der Waals surface area contributed by atoms with E-state index < -0.39 is 22.9 Å². The number of thioether (sulfide) groups is 1. The van der Waals surface area contributed by atoms with E-state index in [-0.39, 0.29) is 24.1 Å². The number of rotatable bonds is 4. The Morgan fingerprint density at radius 1 is 1.42 bits per heavy atom. The van der Waals surface area contributed by atoms with E-state index in [1.54, 1.807) is 0 Å². The zero-order chi connectivity index (χ0) is 18.1. The minimum Gasteiger partial charge on any atom is -0.326 e. The summed E-state index contributed by atoms with van der Waals surface area (Å²) in [5.41, 5.74) is -0.813. The number of nitrogens with zero attached hydrogens (tertiary/aromatic N) is 1. The number of carbonyl (C=O) groups excluding carboxylic acids is 2. The predicted octanol–water partition coefficient (Wildman–Crippen LogP) is 3.67. The van der Waals surface area contributed by atoms with Crippen LogP contribution in [0.15, 0.2) is 24.3 Å². The first-order chi connectivity index (χ1) is 11.1. The largest absolute Gasteiger partial charge is 0.416 e. The van der Waals surface area contributed by atoms with Crippen LogP contribution in [-0.2, 0) is 15.8 Å². The van der Waals surface area contributed by atoms with Crippen molar-refractivity contribution in [2.75, 3.05) is 5.32 Å². The molecule has 1 aliphatic heterocycles. The molecule has 0 radical (unpaired) electrons. The number of halogens is 3. The summed E-state index contributed by atoms with van der Waals surface area (Å²) in [6.07, 6.45) is -4.63. The Morgan fingerprint density at radius 3 is 2.62 bits per heavy atom. The van der Waals surface area contributed by atoms with Gasteiger partial charge >= 0.3 is 6.18 Å². The molecule has 1 aromatic carbocycles. The maximum atomic E-state index is 12.7. The van der Waals surface area contributed by atoms with Gasteiger partial charge in [-0.15, -0.1) is 0 Å². The van der Waals surface area contributed by atoms with Crippen molar-refractivity contribution in [3.63, 3.8) is 0 Å². The van der Waals surface area contributed by atoms with Gasteiger partial charge in [-0.05, 0) is 32.0 Å². The van der Waals surface area contributed by atoms with Crippen LogP contribution in [0.3, 0.4) is 0 Å². The molecule has 9 heteroatoms. The molecule has 1 saturated heterocycles. The number of nitrogens with one attached hydrogen (secondary N) is 1. The Bertz CT molecular complexity index is 677. The van der Waals surface area contributed by atoms with Crippen LogP contribution in [0.2, 0.25) is 0 Å². The first-order valence-electron chi connectivity index (χ1n) is 7.10. The predicted molar refractivity (Wildman–Crippen MR) is 90.6 cm³/mol. The summed E-state index contributed by atoms with van der Waals surface area (Å²) < 4.78 is 38.4. The number of amides is 2. The first kappa shape index (κ1) is 18.7. The van der Waals surface area contributed by atoms with E-state index in [0.29, 0.717) is 4.32 Å². The Hall–Kier alpha value is -1.61. The Labute approximate surface area is 146 Å². The third-order valence-electron chi connectivity index (χ3n) is 3.31. The maximum Gasteiger partial charge on any atom is 0.416 e. The molecule has 0 spiro atoms. The van der Waals surface area contributed by atoms with E-state index in [4.69, 9.17) is 12.2 Å². The first-order valence-corrected chi connectivity index (χ1v) is 8.39. The number of thiocarbonyl (C=S) groups is 1. The van der Waals surface area contributed by atoms with Gasteiger partial charge in [0.1, 0.15) is 4.32 Å². The SMILES string of the molecule is CC(C)N1C(=O)C(CC(=O)Nc2cccc(C(F)(F)F)c2)SC1=S. The average molecular weight is 376 g/mol. The van der Waals surface area contributed by atoms with Gasteiger partial charge in [0.25, 0.3) is 0 Å². The molecule has 1 atom stereocenters. The van der Waals surface area contributed by atoms with Gasteiger partial charge in [0.05, 0.1) is 10.8 Å². The van der Waals surface area contributed by atoms with Gasteiger partial charge < -0.3 is 5.32 Å². The van der Waals surface area contributed by atoms with Gasteiger partial charge in [0.15, 0.2) is 0 Å². The normalized spacial score (nSPS) is 18.4. The van der Waals surface area contributed by atoms with Crippen LogP contribution < -0.4 is 5.32 Å². The quantitative estimate of drug-likeness (QED) is 0.815. The fraction of sp³-hybridized carbons (Fsp3) is 0.400. The molecule has 0 saturated carbocycles. The maximum absolute atomic E-state index is 12.7. The molecule has 130 valence electrons. The third kappa shape index (κ3) is 4.27. The van der Waals surface area contributed by atoms with E-state index in [2.05, 4.69) is 5.32 Å². The van der Waals surface area contributed by atoms with Crippen molar-refractivity contribution < 1.29 is 22.8 Å². The molecule has 4 nitrogen and oxygen atoms in total. The van der Waals surface area contributed by atoms with Crippen LogP contribution in [0.1, 0.15) is 25.8 Å². The molecule has 1 fully saturated rings. The van der Waals surface area contributed by atoms with Crippen LogP contribution in [0.4, 0.5) is 18.9 Å². The molecule has 24 heavy (non-hydrogen) atoms. The number of hydrogen-bond donors (Lipinski definition) is 1. The molecule has 2 rings (SSSR count). The number of anilines is 1. The van der Waals surface area contributed by atoms with Gasteiger partial charge in [0, 0.05) is 18.2 Å². The summed E-state index contributed by atoms with van der Waals surface area (Å²) in [4.78, 5) is 25.7. The monoisotopic (exact) mass is 376 g/mol. The van der Waals surface area contributed by atoms with Crippen LogP contribution in [-0.4, -0.2) is 32.3 Å². The fourth-order valence-electron chi connectivity index (χ4n) is 2.22. The van der Waals surface area contributed by atoms with Crippen LogP contribution in [0.5, 0.6) is 0 Å². The van der Waals surface area contributed by atoms with Crippen molar-refractivity contribution >= 4 is 45.8 Å². The summed E-state index contributed by atoms with van der Waals surface area (Å²) >= 11 is 6.25. The highest BCUT2D eigenvalue weighted by Crippen LogP contribution is 2.32. The second-order valence-corrected chi connectivity index (χ2v) is 7.34. The highest BCUT2D eigenvalue weighted by molar-refractivity contribution is 8.24. The van der Waals surface area contributed by atoms with Gasteiger partial charge in [-0.2, -0.15) is 13.2 Å². The smallest absolute Gasteiger partial charge is 0.326 e. The van der Waals surface area contributed by atoms with Crippen molar-refractivity contribution in [3.8, 4) is 0 Å². The molecule has 0 bridgehead atoms. The van der Waals surface area contributed by atoms with Crippen molar-refractivity contribution in [1.29, 1.82) is 0 Å². The average Bonchev–Trinajstić information content (AvgIpc) is 2.72. The van der Waals surface area contributed by atoms with Crippen molar-refractivity contribution in [1.82, 2.24) is 4.90 Å². The molecular formula is C15H15F3N2O2S2. The van der Waals surface area contributed by atoms with E-state index in [0.717, 1.165) is 23.9 Å². The van der Waals surface area contributed by atoms with Crippen molar-refractivity contribution in [2.24, 2.45) is 0 Å². The summed E-state index contributed by atoms with van der Waals surface area (Å²) in [6.45, 7) is 3.63. The molecule has 0 aromatic heterocycles. The third-order valence-corrected chi connectivity index (χ3v) is 4.85. The lowest BCUT2D eigenvalue weighted by molar-refractivity contribution is -0.137. The zero-order valence-electron chi connectivity index (χ0n) is 12.9. The highest BCUT2D eigenvalue weighted by atomic mass is 32.2. The molecule has 1 aliphatic rings. The number of hydrogen-bond acceptors (Lipinski definition) is 4. The Balaban J connectivity index is 2.02. The molecule has 1 N–H and O–H groups in total. The highest BCUT2D eigenvalue weighted by Gasteiger charge is 2.39. The van der Waals surface area contributed by atoms with E-state index >= 15 is 0 Å². The van der Waals surface area contributed by atoms with Crippen LogP contribution >= 0.6 is 24.0 Å². The van der Waals surface area contributed by atoms with Gasteiger partial charge in [0.2, 0.25) is 11.8 Å². The topological polar surface area (TPSA) is 49.4 Å². The molecule has 1 heterocycles.